The van der Waals surface area contributed by atoms with E-state index >= 15 is 0 Å². The first-order valence-electron chi connectivity index (χ1n) is 22.8. The number of rotatable bonds is 23. The number of likely N-dealkylation sites (tertiary alicyclic amines) is 1. The van der Waals surface area contributed by atoms with Gasteiger partial charge in [-0.2, -0.15) is 13.2 Å². The molecule has 63 heavy (non-hydrogen) atoms. The van der Waals surface area contributed by atoms with Crippen molar-refractivity contribution in [2.75, 3.05) is 26.2 Å². The molecule has 2 aliphatic carbocycles. The number of alkyl halides is 3. The number of amides is 5. The molecule has 3 fully saturated rings. The van der Waals surface area contributed by atoms with E-state index in [0.717, 1.165) is 62.5 Å². The summed E-state index contributed by atoms with van der Waals surface area (Å²) in [4.78, 5) is 69.1. The van der Waals surface area contributed by atoms with Gasteiger partial charge in [0.2, 0.25) is 23.6 Å². The first kappa shape index (κ1) is 47.2. The SMILES string of the molecule is CCCCCCNC(=O)[C@H](CN[C@H](c1ccc(C(=O)N2CC(C(=O)N[C@H]3C[C@@H]3c3ccccc3)C(C(=O)N[C@H]3C[C@@H]3c3ccccc3)C2)cc1)C(F)(F)F)NC(=O)CCCCCC. The van der Waals surface area contributed by atoms with Crippen molar-refractivity contribution in [2.24, 2.45) is 11.8 Å². The molecule has 0 spiro atoms. The number of nitrogens with one attached hydrogen (secondary N) is 5. The number of benzene rings is 3. The highest BCUT2D eigenvalue weighted by Gasteiger charge is 2.49. The number of nitrogens with zero attached hydrogens (tertiary/aromatic N) is 1. The fourth-order valence-corrected chi connectivity index (χ4v) is 8.66. The summed E-state index contributed by atoms with van der Waals surface area (Å²) in [5.41, 5.74) is 2.15. The fraction of sp³-hybridized carbons (Fsp3) is 0.531. The van der Waals surface area contributed by atoms with E-state index in [2.05, 4.69) is 33.5 Å². The molecule has 340 valence electrons. The highest BCUT2D eigenvalue weighted by molar-refractivity contribution is 5.97. The third kappa shape index (κ3) is 13.4. The van der Waals surface area contributed by atoms with Gasteiger partial charge in [0, 0.05) is 62.1 Å². The van der Waals surface area contributed by atoms with Gasteiger partial charge >= 0.3 is 6.18 Å². The van der Waals surface area contributed by atoms with Crippen LogP contribution in [0.5, 0.6) is 0 Å². The molecule has 3 aromatic carbocycles. The maximum absolute atomic E-state index is 14.7. The molecule has 5 N–H and O–H groups in total. The molecule has 3 aromatic rings. The van der Waals surface area contributed by atoms with Crippen LogP contribution in [0.4, 0.5) is 13.2 Å². The first-order chi connectivity index (χ1) is 30.4. The van der Waals surface area contributed by atoms with Crippen LogP contribution < -0.4 is 26.6 Å². The van der Waals surface area contributed by atoms with Crippen molar-refractivity contribution in [3.8, 4) is 0 Å². The lowest BCUT2D eigenvalue weighted by Gasteiger charge is -2.26. The number of carbonyl (C=O) groups is 5. The van der Waals surface area contributed by atoms with Gasteiger partial charge in [-0.25, -0.2) is 0 Å². The van der Waals surface area contributed by atoms with E-state index in [1.807, 2.05) is 67.6 Å². The molecule has 0 bridgehead atoms. The Morgan fingerprint density at radius 3 is 1.71 bits per heavy atom. The number of carbonyl (C=O) groups excluding carboxylic acids is 5. The third-order valence-corrected chi connectivity index (χ3v) is 12.6. The summed E-state index contributed by atoms with van der Waals surface area (Å²) in [5, 5.41) is 14.1. The largest absolute Gasteiger partial charge is 0.407 e. The van der Waals surface area contributed by atoms with Crippen LogP contribution in [-0.2, 0) is 19.2 Å². The Hall–Kier alpha value is -5.24. The van der Waals surface area contributed by atoms with Crippen LogP contribution in [0.1, 0.15) is 129 Å². The van der Waals surface area contributed by atoms with Gasteiger partial charge in [-0.1, -0.05) is 125 Å². The Morgan fingerprint density at radius 2 is 1.21 bits per heavy atom. The molecule has 1 saturated heterocycles. The van der Waals surface area contributed by atoms with Crippen molar-refractivity contribution in [1.82, 2.24) is 31.5 Å². The molecule has 11 nitrogen and oxygen atoms in total. The molecule has 2 saturated carbocycles. The van der Waals surface area contributed by atoms with Gasteiger partial charge < -0.3 is 26.2 Å². The molecule has 14 heteroatoms. The first-order valence-corrected chi connectivity index (χ1v) is 22.8. The highest BCUT2D eigenvalue weighted by Crippen LogP contribution is 2.43. The maximum Gasteiger partial charge on any atom is 0.407 e. The van der Waals surface area contributed by atoms with Crippen LogP contribution in [0.15, 0.2) is 84.9 Å². The number of hydrogen-bond acceptors (Lipinski definition) is 6. The molecule has 0 aromatic heterocycles. The summed E-state index contributed by atoms with van der Waals surface area (Å²) >= 11 is 0. The Balaban J connectivity index is 1.11. The summed E-state index contributed by atoms with van der Waals surface area (Å²) in [6.07, 6.45) is 3.90. The van der Waals surface area contributed by atoms with Crippen molar-refractivity contribution in [2.45, 2.75) is 127 Å². The average molecular weight is 873 g/mol. The summed E-state index contributed by atoms with van der Waals surface area (Å²) in [7, 11) is 0. The summed E-state index contributed by atoms with van der Waals surface area (Å²) < 4.78 is 44.0. The molecule has 1 aliphatic heterocycles. The van der Waals surface area contributed by atoms with E-state index < -0.39 is 54.4 Å². The number of hydrogen-bond donors (Lipinski definition) is 5. The second kappa shape index (κ2) is 22.4. The predicted octanol–water partition coefficient (Wildman–Crippen LogP) is 7.06. The lowest BCUT2D eigenvalue weighted by Crippen LogP contribution is -2.53. The van der Waals surface area contributed by atoms with Crippen LogP contribution in [-0.4, -0.2) is 84.9 Å². The van der Waals surface area contributed by atoms with Gasteiger partial charge in [0.25, 0.3) is 5.91 Å². The monoisotopic (exact) mass is 872 g/mol. The lowest BCUT2D eigenvalue weighted by atomic mass is 9.94. The highest BCUT2D eigenvalue weighted by atomic mass is 19.4. The Bertz CT molecular complexity index is 1910. The zero-order valence-corrected chi connectivity index (χ0v) is 36.4. The molecule has 2 unspecified atom stereocenters. The second-order valence-corrected chi connectivity index (χ2v) is 17.4. The lowest BCUT2D eigenvalue weighted by molar-refractivity contribution is -0.158. The van der Waals surface area contributed by atoms with Crippen molar-refractivity contribution in [3.63, 3.8) is 0 Å². The fourth-order valence-electron chi connectivity index (χ4n) is 8.66. The number of unbranched alkanes of at least 4 members (excludes halogenated alkanes) is 6. The smallest absolute Gasteiger partial charge is 0.354 e. The molecule has 0 radical (unpaired) electrons. The van der Waals surface area contributed by atoms with Crippen LogP contribution in [0, 0.1) is 11.8 Å². The van der Waals surface area contributed by atoms with E-state index in [1.165, 1.54) is 29.2 Å². The van der Waals surface area contributed by atoms with E-state index in [1.54, 1.807) is 0 Å². The van der Waals surface area contributed by atoms with Crippen LogP contribution >= 0.6 is 0 Å². The topological polar surface area (TPSA) is 149 Å². The summed E-state index contributed by atoms with van der Waals surface area (Å²) in [5.74, 6) is -3.41. The van der Waals surface area contributed by atoms with Crippen molar-refractivity contribution >= 4 is 29.5 Å². The van der Waals surface area contributed by atoms with E-state index in [4.69, 9.17) is 0 Å². The summed E-state index contributed by atoms with van der Waals surface area (Å²) in [6.45, 7) is 3.92. The number of halogens is 3. The van der Waals surface area contributed by atoms with E-state index in [0.29, 0.717) is 19.4 Å². The van der Waals surface area contributed by atoms with Gasteiger partial charge in [-0.05, 0) is 54.5 Å². The zero-order valence-electron chi connectivity index (χ0n) is 36.4. The van der Waals surface area contributed by atoms with Crippen LogP contribution in [0.3, 0.4) is 0 Å². The van der Waals surface area contributed by atoms with Crippen molar-refractivity contribution in [1.29, 1.82) is 0 Å². The minimum Gasteiger partial charge on any atom is -0.354 e. The molecular formula is C49H63F3N6O5. The minimum absolute atomic E-state index is 0.0286. The quantitative estimate of drug-likeness (QED) is 0.0645. The van der Waals surface area contributed by atoms with Crippen LogP contribution in [0.2, 0.25) is 0 Å². The molecule has 6 rings (SSSR count). The molecule has 5 amide bonds. The molecule has 3 aliphatic rings. The predicted molar refractivity (Wildman–Crippen MR) is 235 cm³/mol. The maximum atomic E-state index is 14.7. The molecule has 1 heterocycles. The normalized spacial score (nSPS) is 22.4. The van der Waals surface area contributed by atoms with Gasteiger partial charge in [0.15, 0.2) is 0 Å². The van der Waals surface area contributed by atoms with Gasteiger partial charge in [0.05, 0.1) is 11.8 Å². The molecular weight excluding hydrogens is 810 g/mol. The third-order valence-electron chi connectivity index (χ3n) is 12.6. The van der Waals surface area contributed by atoms with Crippen molar-refractivity contribution in [3.05, 3.63) is 107 Å². The van der Waals surface area contributed by atoms with Gasteiger partial charge in [-0.3, -0.25) is 29.3 Å². The zero-order chi connectivity index (χ0) is 44.9. The van der Waals surface area contributed by atoms with E-state index in [9.17, 15) is 37.1 Å². The Morgan fingerprint density at radius 1 is 0.683 bits per heavy atom. The van der Waals surface area contributed by atoms with Gasteiger partial charge in [0.1, 0.15) is 12.1 Å². The second-order valence-electron chi connectivity index (χ2n) is 17.4. The van der Waals surface area contributed by atoms with Crippen molar-refractivity contribution < 1.29 is 37.1 Å². The average Bonchev–Trinajstić information content (AvgIpc) is 4.19. The van der Waals surface area contributed by atoms with Gasteiger partial charge in [-0.15, -0.1) is 0 Å². The standard InChI is InChI=1S/C49H63F3N6O5/c1-3-5-7-15-21-43(59)55-42(47(62)53-26-16-8-6-4-2)29-54-44(49(50,51)52)34-22-24-35(25-23-34)48(63)58-30-38(45(60)56-40-27-36(40)32-17-11-9-12-18-32)39(31-58)46(61)57-41-28-37(41)33-19-13-10-14-20-33/h9-14,17-20,22-25,36-42,44,54H,3-8,15-16,21,26-31H2,1-2H3,(H,53,62)(H,55,59)(H,56,60)(H,57,61)/t36-,37-,38?,39?,40+,41+,42+,44-/m1/s1. The summed E-state index contributed by atoms with van der Waals surface area (Å²) in [6, 6.07) is 21.2. The Labute approximate surface area is 369 Å². The molecule has 8 atom stereocenters. The minimum atomic E-state index is -4.78. The Kier molecular flexibility index (Phi) is 16.8. The van der Waals surface area contributed by atoms with Crippen LogP contribution in [0.25, 0.3) is 0 Å². The van der Waals surface area contributed by atoms with E-state index in [-0.39, 0.29) is 66.4 Å².